The highest BCUT2D eigenvalue weighted by molar-refractivity contribution is 5.88. The third kappa shape index (κ3) is 3.83. The molecular formula is C21H23N3O4. The summed E-state index contributed by atoms with van der Waals surface area (Å²) in [6.07, 6.45) is 0.101. The second-order valence-electron chi connectivity index (χ2n) is 6.53. The van der Waals surface area contributed by atoms with Crippen LogP contribution in [-0.2, 0) is 24.8 Å². The first kappa shape index (κ1) is 19.4. The number of carbonyl (C=O) groups is 1. The summed E-state index contributed by atoms with van der Waals surface area (Å²) in [5, 5.41) is 5.56. The van der Waals surface area contributed by atoms with E-state index < -0.39 is 0 Å². The van der Waals surface area contributed by atoms with Crippen molar-refractivity contribution in [3.8, 4) is 11.5 Å². The Balaban J connectivity index is 1.83. The highest BCUT2D eigenvalue weighted by atomic mass is 16.5. The van der Waals surface area contributed by atoms with Crippen LogP contribution in [0.4, 0.5) is 0 Å². The van der Waals surface area contributed by atoms with Gasteiger partial charge in [0.1, 0.15) is 11.5 Å². The Morgan fingerprint density at radius 1 is 1.11 bits per heavy atom. The molecule has 0 aliphatic rings. The first-order valence-corrected chi connectivity index (χ1v) is 8.84. The number of likely N-dealkylation sites (N-methyl/N-ethyl adjacent to an activating group) is 1. The zero-order chi connectivity index (χ0) is 20.3. The minimum atomic E-state index is -0.178. The zero-order valence-corrected chi connectivity index (χ0v) is 16.4. The van der Waals surface area contributed by atoms with Gasteiger partial charge in [-0.2, -0.15) is 5.10 Å². The van der Waals surface area contributed by atoms with Gasteiger partial charge < -0.3 is 14.4 Å². The first-order valence-electron chi connectivity index (χ1n) is 8.84. The van der Waals surface area contributed by atoms with Crippen LogP contribution >= 0.6 is 0 Å². The zero-order valence-electron chi connectivity index (χ0n) is 16.4. The maximum absolute atomic E-state index is 12.8. The summed E-state index contributed by atoms with van der Waals surface area (Å²) < 4.78 is 11.9. The quantitative estimate of drug-likeness (QED) is 0.654. The molecule has 0 radical (unpaired) electrons. The van der Waals surface area contributed by atoms with Crippen LogP contribution in [0.1, 0.15) is 11.3 Å². The van der Waals surface area contributed by atoms with E-state index in [-0.39, 0.29) is 17.9 Å². The molecule has 3 aromatic rings. The Labute approximate surface area is 163 Å². The van der Waals surface area contributed by atoms with Gasteiger partial charge in [-0.15, -0.1) is 0 Å². The lowest BCUT2D eigenvalue weighted by molar-refractivity contribution is -0.129. The number of methoxy groups -OCH3 is 2. The maximum atomic E-state index is 12.8. The summed E-state index contributed by atoms with van der Waals surface area (Å²) in [6.45, 7) is 0.385. The molecule has 0 unspecified atom stereocenters. The predicted octanol–water partition coefficient (Wildman–Crippen LogP) is 2.15. The Bertz CT molecular complexity index is 1070. The summed E-state index contributed by atoms with van der Waals surface area (Å²) in [6, 6.07) is 12.7. The molecule has 0 atom stereocenters. The molecule has 28 heavy (non-hydrogen) atoms. The average molecular weight is 381 g/mol. The molecule has 0 aliphatic carbocycles. The number of amides is 1. The van der Waals surface area contributed by atoms with E-state index in [0.717, 1.165) is 5.56 Å². The molecule has 146 valence electrons. The van der Waals surface area contributed by atoms with Gasteiger partial charge in [-0.1, -0.05) is 18.2 Å². The third-order valence-corrected chi connectivity index (χ3v) is 4.68. The fourth-order valence-electron chi connectivity index (χ4n) is 3.11. The number of aryl methyl sites for hydroxylation is 1. The molecule has 0 bridgehead atoms. The molecule has 1 amide bonds. The van der Waals surface area contributed by atoms with Crippen molar-refractivity contribution in [1.82, 2.24) is 14.7 Å². The summed E-state index contributed by atoms with van der Waals surface area (Å²) in [5.41, 5.74) is 1.27. The molecule has 2 aromatic carbocycles. The minimum absolute atomic E-state index is 0.101. The van der Waals surface area contributed by atoms with Crippen molar-refractivity contribution < 1.29 is 14.3 Å². The lowest BCUT2D eigenvalue weighted by Crippen LogP contribution is -2.30. The number of rotatable bonds is 6. The van der Waals surface area contributed by atoms with E-state index in [1.54, 1.807) is 51.4 Å². The van der Waals surface area contributed by atoms with Gasteiger partial charge in [0.2, 0.25) is 5.91 Å². The molecule has 3 rings (SSSR count). The van der Waals surface area contributed by atoms with Gasteiger partial charge in [0.05, 0.1) is 31.7 Å². The highest BCUT2D eigenvalue weighted by Gasteiger charge is 2.17. The molecule has 0 N–H and O–H groups in total. The van der Waals surface area contributed by atoms with Crippen LogP contribution in [0, 0.1) is 0 Å². The molecular weight excluding hydrogens is 358 g/mol. The Morgan fingerprint density at radius 2 is 1.82 bits per heavy atom. The average Bonchev–Trinajstić information content (AvgIpc) is 2.72. The summed E-state index contributed by atoms with van der Waals surface area (Å²) in [4.78, 5) is 26.7. The lowest BCUT2D eigenvalue weighted by Gasteiger charge is -2.19. The number of ether oxygens (including phenoxy) is 2. The van der Waals surface area contributed by atoms with E-state index in [4.69, 9.17) is 9.47 Å². The number of nitrogens with zero attached hydrogens (tertiary/aromatic N) is 3. The third-order valence-electron chi connectivity index (χ3n) is 4.68. The van der Waals surface area contributed by atoms with Crippen molar-refractivity contribution in [2.24, 2.45) is 7.05 Å². The number of aromatic nitrogens is 2. The molecule has 0 saturated carbocycles. The van der Waals surface area contributed by atoms with Crippen molar-refractivity contribution in [2.45, 2.75) is 13.0 Å². The van der Waals surface area contributed by atoms with Crippen LogP contribution in [0.2, 0.25) is 0 Å². The molecule has 1 heterocycles. The summed E-state index contributed by atoms with van der Waals surface area (Å²) in [5.74, 6) is 1.24. The van der Waals surface area contributed by atoms with Gasteiger partial charge >= 0.3 is 0 Å². The molecule has 0 saturated heterocycles. The molecule has 7 nitrogen and oxygen atoms in total. The number of hydrogen-bond acceptors (Lipinski definition) is 5. The van der Waals surface area contributed by atoms with Crippen LogP contribution < -0.4 is 15.0 Å². The van der Waals surface area contributed by atoms with Crippen LogP contribution in [0.5, 0.6) is 11.5 Å². The van der Waals surface area contributed by atoms with Crippen molar-refractivity contribution in [2.75, 3.05) is 21.3 Å². The lowest BCUT2D eigenvalue weighted by atomic mass is 10.1. The molecule has 0 aliphatic heterocycles. The number of carbonyl (C=O) groups excluding carboxylic acids is 1. The van der Waals surface area contributed by atoms with Crippen molar-refractivity contribution in [3.05, 3.63) is 64.1 Å². The largest absolute Gasteiger partial charge is 0.497 e. The summed E-state index contributed by atoms with van der Waals surface area (Å²) in [7, 11) is 6.50. The SMILES string of the molecule is COc1ccc(CN(C)C(=O)Cc2nn(C)c(=O)c3ccccc23)c(OC)c1. The fraction of sp³-hybridized carbons (Fsp3) is 0.286. The second kappa shape index (κ2) is 8.12. The standard InChI is InChI=1S/C21H23N3O4/c1-23(13-14-9-10-15(27-3)11-19(14)28-4)20(25)12-18-16-7-5-6-8-17(16)21(26)24(2)22-18/h5-11H,12-13H2,1-4H3. The first-order chi connectivity index (χ1) is 13.4. The van der Waals surface area contributed by atoms with Gasteiger partial charge in [-0.25, -0.2) is 4.68 Å². The second-order valence-corrected chi connectivity index (χ2v) is 6.53. The van der Waals surface area contributed by atoms with Crippen LogP contribution in [0.15, 0.2) is 47.3 Å². The normalized spacial score (nSPS) is 10.7. The minimum Gasteiger partial charge on any atom is -0.497 e. The molecule has 0 spiro atoms. The highest BCUT2D eigenvalue weighted by Crippen LogP contribution is 2.25. The van der Waals surface area contributed by atoms with E-state index in [0.29, 0.717) is 34.5 Å². The van der Waals surface area contributed by atoms with Crippen LogP contribution in [-0.4, -0.2) is 41.9 Å². The van der Waals surface area contributed by atoms with Crippen LogP contribution in [0.3, 0.4) is 0 Å². The summed E-state index contributed by atoms with van der Waals surface area (Å²) >= 11 is 0. The maximum Gasteiger partial charge on any atom is 0.274 e. The predicted molar refractivity (Wildman–Crippen MR) is 107 cm³/mol. The van der Waals surface area contributed by atoms with Crippen LogP contribution in [0.25, 0.3) is 10.8 Å². The van der Waals surface area contributed by atoms with E-state index in [1.165, 1.54) is 4.68 Å². The van der Waals surface area contributed by atoms with Gasteiger partial charge in [0.15, 0.2) is 0 Å². The van der Waals surface area contributed by atoms with Gasteiger partial charge in [-0.05, 0) is 18.2 Å². The Morgan fingerprint density at radius 3 is 2.50 bits per heavy atom. The topological polar surface area (TPSA) is 73.7 Å². The van der Waals surface area contributed by atoms with Crippen molar-refractivity contribution in [1.29, 1.82) is 0 Å². The fourth-order valence-corrected chi connectivity index (χ4v) is 3.11. The molecule has 1 aromatic heterocycles. The molecule has 7 heteroatoms. The molecule has 0 fully saturated rings. The number of fused-ring (bicyclic) bond motifs is 1. The number of benzene rings is 2. The Hall–Kier alpha value is -3.35. The monoisotopic (exact) mass is 381 g/mol. The smallest absolute Gasteiger partial charge is 0.274 e. The van der Waals surface area contributed by atoms with Crippen molar-refractivity contribution >= 4 is 16.7 Å². The van der Waals surface area contributed by atoms with E-state index >= 15 is 0 Å². The number of hydrogen-bond donors (Lipinski definition) is 0. The van der Waals surface area contributed by atoms with E-state index in [1.807, 2.05) is 24.3 Å². The van der Waals surface area contributed by atoms with Gasteiger partial charge in [0, 0.05) is 37.7 Å². The van der Waals surface area contributed by atoms with Gasteiger partial charge in [-0.3, -0.25) is 9.59 Å². The van der Waals surface area contributed by atoms with Gasteiger partial charge in [0.25, 0.3) is 5.56 Å². The van der Waals surface area contributed by atoms with E-state index in [2.05, 4.69) is 5.10 Å². The van der Waals surface area contributed by atoms with Crippen molar-refractivity contribution in [3.63, 3.8) is 0 Å². The van der Waals surface area contributed by atoms with E-state index in [9.17, 15) is 9.59 Å². The Kier molecular flexibility index (Phi) is 5.63.